The first-order valence-electron chi connectivity index (χ1n) is 37.0. The van der Waals surface area contributed by atoms with Crippen molar-refractivity contribution in [3.63, 3.8) is 0 Å². The minimum atomic E-state index is -0.770. The fraction of sp³-hybridized carbons (Fsp3) is 0.882. The first-order valence-corrected chi connectivity index (χ1v) is 37.0. The van der Waals surface area contributed by atoms with E-state index in [0.717, 1.165) is 64.2 Å². The summed E-state index contributed by atoms with van der Waals surface area (Å²) in [7, 11) is 0. The van der Waals surface area contributed by atoms with E-state index in [-0.39, 0.29) is 31.1 Å². The van der Waals surface area contributed by atoms with Crippen molar-refractivity contribution < 1.29 is 28.6 Å². The van der Waals surface area contributed by atoms with E-state index in [1.807, 2.05) is 0 Å². The van der Waals surface area contributed by atoms with Crippen molar-refractivity contribution in [1.29, 1.82) is 0 Å². The molecule has 0 fully saturated rings. The zero-order chi connectivity index (χ0) is 59.2. The van der Waals surface area contributed by atoms with Crippen molar-refractivity contribution in [1.82, 2.24) is 0 Å². The third kappa shape index (κ3) is 68.4. The number of ether oxygens (including phenoxy) is 3. The molecule has 0 spiro atoms. The van der Waals surface area contributed by atoms with Gasteiger partial charge in [-0.05, 0) is 77.0 Å². The molecule has 0 aromatic carbocycles. The molecule has 0 amide bonds. The van der Waals surface area contributed by atoms with E-state index in [1.54, 1.807) is 0 Å². The topological polar surface area (TPSA) is 78.9 Å². The zero-order valence-electron chi connectivity index (χ0n) is 55.5. The highest BCUT2D eigenvalue weighted by Gasteiger charge is 2.20. The first-order chi connectivity index (χ1) is 40.5. The molecule has 0 heterocycles. The van der Waals surface area contributed by atoms with E-state index in [2.05, 4.69) is 57.2 Å². The quantitative estimate of drug-likeness (QED) is 0.0261. The van der Waals surface area contributed by atoms with Gasteiger partial charge in [-0.2, -0.15) is 0 Å². The number of hydrogen-bond acceptors (Lipinski definition) is 6. The molecule has 0 aliphatic heterocycles. The standard InChI is InChI=1S/C76H142O6/c1-4-7-10-13-16-19-22-25-27-29-31-33-35-37-38-40-41-43-45-47-49-51-54-57-60-63-66-69-75(78)81-72-73(71-80-74(77)68-65-62-59-56-53-24-21-18-15-12-9-6-3)82-76(79)70-67-64-61-58-55-52-50-48-46-44-42-39-36-34-32-30-28-26-23-20-17-14-11-8-5-2/h23,26,29-32,73H,4-22,24-25,27-28,33-72H2,1-3H3/b26-23-,31-29-,32-30-. The summed E-state index contributed by atoms with van der Waals surface area (Å²) in [4.78, 5) is 38.4. The van der Waals surface area contributed by atoms with E-state index in [1.165, 1.54) is 308 Å². The van der Waals surface area contributed by atoms with Gasteiger partial charge in [0.15, 0.2) is 6.10 Å². The van der Waals surface area contributed by atoms with Crippen molar-refractivity contribution in [2.24, 2.45) is 0 Å². The van der Waals surface area contributed by atoms with Crippen LogP contribution in [0.5, 0.6) is 0 Å². The molecule has 0 aliphatic carbocycles. The van der Waals surface area contributed by atoms with Gasteiger partial charge in [0.05, 0.1) is 0 Å². The molecule has 0 N–H and O–H groups in total. The summed E-state index contributed by atoms with van der Waals surface area (Å²) < 4.78 is 17.0. The molecule has 0 radical (unpaired) electrons. The van der Waals surface area contributed by atoms with Crippen molar-refractivity contribution in [3.8, 4) is 0 Å². The largest absolute Gasteiger partial charge is 0.462 e. The summed E-state index contributed by atoms with van der Waals surface area (Å²) >= 11 is 0. The maximum atomic E-state index is 13.0. The van der Waals surface area contributed by atoms with E-state index >= 15 is 0 Å². The Labute approximate surface area is 512 Å². The molecule has 1 unspecified atom stereocenters. The van der Waals surface area contributed by atoms with Crippen LogP contribution in [-0.4, -0.2) is 37.2 Å². The Kier molecular flexibility index (Phi) is 69.1. The number of hydrogen-bond donors (Lipinski definition) is 0. The minimum Gasteiger partial charge on any atom is -0.462 e. The van der Waals surface area contributed by atoms with Gasteiger partial charge < -0.3 is 14.2 Å². The molecule has 0 rings (SSSR count). The van der Waals surface area contributed by atoms with E-state index in [0.29, 0.717) is 19.3 Å². The molecule has 1 atom stereocenters. The normalized spacial score (nSPS) is 12.2. The second-order valence-electron chi connectivity index (χ2n) is 25.2. The van der Waals surface area contributed by atoms with Gasteiger partial charge in [-0.1, -0.05) is 353 Å². The maximum absolute atomic E-state index is 13.0. The van der Waals surface area contributed by atoms with Crippen LogP contribution in [0.1, 0.15) is 412 Å². The molecule has 82 heavy (non-hydrogen) atoms. The van der Waals surface area contributed by atoms with Crippen LogP contribution >= 0.6 is 0 Å². The molecular formula is C76H142O6. The van der Waals surface area contributed by atoms with Crippen LogP contribution in [-0.2, 0) is 28.6 Å². The molecule has 0 aromatic heterocycles. The molecule has 6 heteroatoms. The Balaban J connectivity index is 4.18. The maximum Gasteiger partial charge on any atom is 0.306 e. The third-order valence-electron chi connectivity index (χ3n) is 16.9. The highest BCUT2D eigenvalue weighted by atomic mass is 16.6. The second-order valence-corrected chi connectivity index (χ2v) is 25.2. The lowest BCUT2D eigenvalue weighted by molar-refractivity contribution is -0.167. The summed E-state index contributed by atoms with van der Waals surface area (Å²) in [6.45, 7) is 6.70. The van der Waals surface area contributed by atoms with Gasteiger partial charge in [0, 0.05) is 19.3 Å². The summed E-state index contributed by atoms with van der Waals surface area (Å²) in [5.41, 5.74) is 0. The number of unbranched alkanes of at least 4 members (excludes halogenated alkanes) is 52. The van der Waals surface area contributed by atoms with Gasteiger partial charge in [0.1, 0.15) is 13.2 Å². The lowest BCUT2D eigenvalue weighted by atomic mass is 10.0. The molecule has 0 aromatic rings. The summed E-state index contributed by atoms with van der Waals surface area (Å²) in [6.07, 6.45) is 89.0. The SMILES string of the molecule is CCCCCCC/C=C\C/C=C\CCCCCCCCCCCCCCCC(=O)OC(COC(=O)CCCCCCCCCCCCCC)COC(=O)CCCCCCCCCCCCCCCCC/C=C\CCCCCCCCCC. The molecule has 0 saturated heterocycles. The second kappa shape index (κ2) is 71.1. The average molecular weight is 1150 g/mol. The first kappa shape index (κ1) is 79.6. The van der Waals surface area contributed by atoms with Crippen LogP contribution in [0.25, 0.3) is 0 Å². The monoisotopic (exact) mass is 1150 g/mol. The van der Waals surface area contributed by atoms with Crippen LogP contribution in [0, 0.1) is 0 Å². The smallest absolute Gasteiger partial charge is 0.306 e. The summed E-state index contributed by atoms with van der Waals surface area (Å²) in [6, 6.07) is 0. The van der Waals surface area contributed by atoms with Crippen molar-refractivity contribution in [3.05, 3.63) is 36.5 Å². The van der Waals surface area contributed by atoms with Crippen LogP contribution in [0.4, 0.5) is 0 Å². The van der Waals surface area contributed by atoms with Crippen LogP contribution in [0.3, 0.4) is 0 Å². The molecule has 0 bridgehead atoms. The fourth-order valence-corrected chi connectivity index (χ4v) is 11.3. The lowest BCUT2D eigenvalue weighted by Gasteiger charge is -2.18. The Hall–Kier alpha value is -2.37. The Bertz CT molecular complexity index is 1370. The minimum absolute atomic E-state index is 0.0664. The van der Waals surface area contributed by atoms with E-state index < -0.39 is 6.10 Å². The molecular weight excluding hydrogens is 1010 g/mol. The number of esters is 3. The van der Waals surface area contributed by atoms with Crippen molar-refractivity contribution >= 4 is 17.9 Å². The fourth-order valence-electron chi connectivity index (χ4n) is 11.3. The number of carbonyl (C=O) groups is 3. The van der Waals surface area contributed by atoms with Gasteiger partial charge in [-0.3, -0.25) is 14.4 Å². The number of allylic oxidation sites excluding steroid dienone is 6. The summed E-state index contributed by atoms with van der Waals surface area (Å²) in [5, 5.41) is 0. The summed E-state index contributed by atoms with van der Waals surface area (Å²) in [5.74, 6) is -0.836. The van der Waals surface area contributed by atoms with E-state index in [9.17, 15) is 14.4 Å². The Morgan fingerprint density at radius 2 is 0.439 bits per heavy atom. The molecule has 0 saturated carbocycles. The average Bonchev–Trinajstić information content (AvgIpc) is 3.47. The van der Waals surface area contributed by atoms with Crippen molar-refractivity contribution in [2.75, 3.05) is 13.2 Å². The van der Waals surface area contributed by atoms with Crippen LogP contribution in [0.2, 0.25) is 0 Å². The predicted molar refractivity (Wildman–Crippen MR) is 358 cm³/mol. The van der Waals surface area contributed by atoms with Crippen LogP contribution < -0.4 is 0 Å². The highest BCUT2D eigenvalue weighted by Crippen LogP contribution is 2.19. The van der Waals surface area contributed by atoms with Gasteiger partial charge >= 0.3 is 17.9 Å². The number of rotatable bonds is 69. The predicted octanol–water partition coefficient (Wildman–Crippen LogP) is 25.5. The van der Waals surface area contributed by atoms with Crippen molar-refractivity contribution in [2.45, 2.75) is 419 Å². The highest BCUT2D eigenvalue weighted by molar-refractivity contribution is 5.71. The third-order valence-corrected chi connectivity index (χ3v) is 16.9. The molecule has 482 valence electrons. The Morgan fingerprint density at radius 1 is 0.244 bits per heavy atom. The van der Waals surface area contributed by atoms with Crippen LogP contribution in [0.15, 0.2) is 36.5 Å². The molecule has 6 nitrogen and oxygen atoms in total. The Morgan fingerprint density at radius 3 is 0.683 bits per heavy atom. The van der Waals surface area contributed by atoms with Gasteiger partial charge in [0.2, 0.25) is 0 Å². The van der Waals surface area contributed by atoms with Gasteiger partial charge in [-0.25, -0.2) is 0 Å². The molecule has 0 aliphatic rings. The lowest BCUT2D eigenvalue weighted by Crippen LogP contribution is -2.30. The van der Waals surface area contributed by atoms with E-state index in [4.69, 9.17) is 14.2 Å². The van der Waals surface area contributed by atoms with Gasteiger partial charge in [0.25, 0.3) is 0 Å². The number of carbonyl (C=O) groups excluding carboxylic acids is 3. The van der Waals surface area contributed by atoms with Gasteiger partial charge in [-0.15, -0.1) is 0 Å². The zero-order valence-corrected chi connectivity index (χ0v) is 55.5.